The van der Waals surface area contributed by atoms with Gasteiger partial charge in [-0.25, -0.2) is 0 Å². The van der Waals surface area contributed by atoms with Gasteiger partial charge in [0.2, 0.25) is 5.56 Å². The molecule has 33 heavy (non-hydrogen) atoms. The molecule has 3 aromatic rings. The number of ether oxygens (including phenoxy) is 2. The van der Waals surface area contributed by atoms with Crippen molar-refractivity contribution in [2.24, 2.45) is 5.92 Å². The molecule has 1 aromatic heterocycles. The fourth-order valence-electron chi connectivity index (χ4n) is 4.93. The third kappa shape index (κ3) is 4.11. The van der Waals surface area contributed by atoms with E-state index in [1.807, 2.05) is 18.2 Å². The highest BCUT2D eigenvalue weighted by atomic mass is 16.5. The van der Waals surface area contributed by atoms with E-state index in [4.69, 9.17) is 9.47 Å². The van der Waals surface area contributed by atoms with Gasteiger partial charge in [0.05, 0.1) is 18.9 Å². The van der Waals surface area contributed by atoms with Gasteiger partial charge in [-0.15, -0.1) is 0 Å². The number of pyridine rings is 1. The van der Waals surface area contributed by atoms with Gasteiger partial charge in [-0.3, -0.25) is 4.79 Å². The summed E-state index contributed by atoms with van der Waals surface area (Å²) in [6, 6.07) is 16.8. The number of benzene rings is 2. The van der Waals surface area contributed by atoms with Crippen molar-refractivity contribution in [1.82, 2.24) is 4.98 Å². The Kier molecular flexibility index (Phi) is 5.10. The van der Waals surface area contributed by atoms with E-state index in [0.717, 1.165) is 65.1 Å². The van der Waals surface area contributed by atoms with Gasteiger partial charge in [0.25, 0.3) is 0 Å². The van der Waals surface area contributed by atoms with Crippen LogP contribution in [0.4, 0.5) is 11.4 Å². The van der Waals surface area contributed by atoms with Gasteiger partial charge in [-0.05, 0) is 61.6 Å². The van der Waals surface area contributed by atoms with Crippen LogP contribution in [-0.2, 0) is 11.2 Å². The van der Waals surface area contributed by atoms with E-state index in [1.165, 1.54) is 18.4 Å². The van der Waals surface area contributed by atoms with Gasteiger partial charge < -0.3 is 24.7 Å². The van der Waals surface area contributed by atoms with Gasteiger partial charge >= 0.3 is 0 Å². The van der Waals surface area contributed by atoms with Crippen LogP contribution in [0.2, 0.25) is 0 Å². The summed E-state index contributed by atoms with van der Waals surface area (Å²) in [7, 11) is 0. The molecule has 2 aliphatic heterocycles. The molecule has 2 fully saturated rings. The molecule has 6 heteroatoms. The smallest absolute Gasteiger partial charge is 0.250 e. The standard InChI is InChI=1S/C27H29N3O3/c1-17(18-5-6-18)28-21-7-8-25-20(14-21)13-19-3-2-4-23(27(19)33-25)24-15-22(16-26(31)29-24)30-9-11-32-12-10-30/h2-4,7-8,14-18,28H,5-6,9-13H2,1H3,(H,29,31). The molecule has 2 N–H and O–H groups in total. The van der Waals surface area contributed by atoms with Gasteiger partial charge in [0, 0.05) is 54.1 Å². The minimum atomic E-state index is -0.108. The Bertz CT molecular complexity index is 1240. The molecule has 3 aliphatic rings. The number of aromatic amines is 1. The number of nitrogens with one attached hydrogen (secondary N) is 2. The Hall–Kier alpha value is -3.25. The zero-order chi connectivity index (χ0) is 22.4. The highest BCUT2D eigenvalue weighted by molar-refractivity contribution is 5.74. The molecule has 0 bridgehead atoms. The monoisotopic (exact) mass is 443 g/mol. The van der Waals surface area contributed by atoms with Crippen LogP contribution in [0.3, 0.4) is 0 Å². The van der Waals surface area contributed by atoms with Gasteiger partial charge in [-0.1, -0.05) is 12.1 Å². The number of rotatable bonds is 5. The summed E-state index contributed by atoms with van der Waals surface area (Å²) in [5.41, 5.74) is 5.97. The molecule has 0 spiro atoms. The lowest BCUT2D eigenvalue weighted by molar-refractivity contribution is 0.122. The molecule has 1 saturated carbocycles. The fourth-order valence-corrected chi connectivity index (χ4v) is 4.93. The van der Waals surface area contributed by atoms with Crippen molar-refractivity contribution >= 4 is 11.4 Å². The maximum absolute atomic E-state index is 12.5. The zero-order valence-electron chi connectivity index (χ0n) is 18.9. The summed E-state index contributed by atoms with van der Waals surface area (Å²) in [6.07, 6.45) is 3.46. The van der Waals surface area contributed by atoms with E-state index in [-0.39, 0.29) is 5.56 Å². The van der Waals surface area contributed by atoms with E-state index in [1.54, 1.807) is 6.07 Å². The van der Waals surface area contributed by atoms with Crippen LogP contribution < -0.4 is 20.5 Å². The predicted molar refractivity (Wildman–Crippen MR) is 131 cm³/mol. The van der Waals surface area contributed by atoms with Crippen molar-refractivity contribution in [2.45, 2.75) is 32.2 Å². The lowest BCUT2D eigenvalue weighted by atomic mass is 9.96. The summed E-state index contributed by atoms with van der Waals surface area (Å²) in [5.74, 6) is 2.51. The number of aromatic nitrogens is 1. The number of anilines is 2. The quantitative estimate of drug-likeness (QED) is 0.464. The lowest BCUT2D eigenvalue weighted by Gasteiger charge is -2.29. The fraction of sp³-hybridized carbons (Fsp3) is 0.370. The second kappa shape index (κ2) is 8.27. The van der Waals surface area contributed by atoms with Crippen LogP contribution in [0.1, 0.15) is 30.9 Å². The van der Waals surface area contributed by atoms with Crippen molar-refractivity contribution in [1.29, 1.82) is 0 Å². The topological polar surface area (TPSA) is 66.6 Å². The van der Waals surface area contributed by atoms with Crippen LogP contribution in [0, 0.1) is 5.92 Å². The molecule has 170 valence electrons. The average Bonchev–Trinajstić information content (AvgIpc) is 3.68. The average molecular weight is 444 g/mol. The van der Waals surface area contributed by atoms with Crippen molar-refractivity contribution in [2.75, 3.05) is 36.5 Å². The van der Waals surface area contributed by atoms with E-state index in [2.05, 4.69) is 46.4 Å². The molecule has 1 unspecified atom stereocenters. The molecule has 0 amide bonds. The summed E-state index contributed by atoms with van der Waals surface area (Å²) in [5, 5.41) is 3.65. The predicted octanol–water partition coefficient (Wildman–Crippen LogP) is 4.79. The van der Waals surface area contributed by atoms with Crippen molar-refractivity contribution in [3.05, 3.63) is 70.0 Å². The second-order valence-electron chi connectivity index (χ2n) is 9.38. The Morgan fingerprint density at radius 2 is 1.91 bits per heavy atom. The third-order valence-electron chi connectivity index (χ3n) is 6.97. The largest absolute Gasteiger partial charge is 0.456 e. The molecule has 1 aliphatic carbocycles. The van der Waals surface area contributed by atoms with Crippen molar-refractivity contribution in [3.8, 4) is 22.8 Å². The summed E-state index contributed by atoms with van der Waals surface area (Å²) >= 11 is 0. The number of para-hydroxylation sites is 1. The molecule has 1 saturated heterocycles. The maximum Gasteiger partial charge on any atom is 0.250 e. The van der Waals surface area contributed by atoms with Crippen LogP contribution in [0.25, 0.3) is 11.3 Å². The summed E-state index contributed by atoms with van der Waals surface area (Å²) < 4.78 is 11.9. The van der Waals surface area contributed by atoms with E-state index in [0.29, 0.717) is 19.3 Å². The number of nitrogens with zero attached hydrogens (tertiary/aromatic N) is 1. The second-order valence-corrected chi connectivity index (χ2v) is 9.38. The van der Waals surface area contributed by atoms with Gasteiger partial charge in [-0.2, -0.15) is 0 Å². The maximum atomic E-state index is 12.5. The first-order valence-electron chi connectivity index (χ1n) is 11.9. The Morgan fingerprint density at radius 1 is 1.06 bits per heavy atom. The van der Waals surface area contributed by atoms with Crippen LogP contribution in [0.15, 0.2) is 53.3 Å². The molecular formula is C27H29N3O3. The highest BCUT2D eigenvalue weighted by Crippen LogP contribution is 2.43. The lowest BCUT2D eigenvalue weighted by Crippen LogP contribution is -2.36. The first-order valence-corrected chi connectivity index (χ1v) is 11.9. The van der Waals surface area contributed by atoms with Crippen LogP contribution in [0.5, 0.6) is 11.5 Å². The van der Waals surface area contributed by atoms with E-state index in [9.17, 15) is 4.79 Å². The molecule has 6 nitrogen and oxygen atoms in total. The third-order valence-corrected chi connectivity index (χ3v) is 6.97. The molecule has 1 atom stereocenters. The van der Waals surface area contributed by atoms with Crippen LogP contribution >= 0.6 is 0 Å². The first kappa shape index (κ1) is 20.4. The number of H-pyrrole nitrogens is 1. The van der Waals surface area contributed by atoms with Crippen molar-refractivity contribution < 1.29 is 9.47 Å². The molecule has 6 rings (SSSR count). The SMILES string of the molecule is CC(Nc1ccc2c(c1)Cc1cccc(-c3cc(N4CCOCC4)cc(=O)[nH]3)c1O2)C1CC1. The van der Waals surface area contributed by atoms with Crippen molar-refractivity contribution in [3.63, 3.8) is 0 Å². The minimum absolute atomic E-state index is 0.108. The number of fused-ring (bicyclic) bond motifs is 2. The normalized spacial score (nSPS) is 18.2. The number of hydrogen-bond donors (Lipinski definition) is 2. The highest BCUT2D eigenvalue weighted by Gasteiger charge is 2.28. The van der Waals surface area contributed by atoms with Gasteiger partial charge in [0.15, 0.2) is 0 Å². The molecule has 3 heterocycles. The summed E-state index contributed by atoms with van der Waals surface area (Å²) in [6.45, 7) is 5.20. The Labute approximate surface area is 193 Å². The molecule has 2 aromatic carbocycles. The van der Waals surface area contributed by atoms with E-state index < -0.39 is 0 Å². The minimum Gasteiger partial charge on any atom is -0.456 e. The number of morpholine rings is 1. The van der Waals surface area contributed by atoms with E-state index >= 15 is 0 Å². The number of hydrogen-bond acceptors (Lipinski definition) is 5. The first-order chi connectivity index (χ1) is 16.1. The Morgan fingerprint density at radius 3 is 2.73 bits per heavy atom. The zero-order valence-corrected chi connectivity index (χ0v) is 18.9. The van der Waals surface area contributed by atoms with Crippen LogP contribution in [-0.4, -0.2) is 37.3 Å². The molecular weight excluding hydrogens is 414 g/mol. The summed E-state index contributed by atoms with van der Waals surface area (Å²) in [4.78, 5) is 17.7. The van der Waals surface area contributed by atoms with Gasteiger partial charge in [0.1, 0.15) is 11.5 Å². The molecule has 0 radical (unpaired) electrons. The Balaban J connectivity index is 1.31.